The van der Waals surface area contributed by atoms with Crippen molar-refractivity contribution < 1.29 is 4.42 Å². The lowest BCUT2D eigenvalue weighted by molar-refractivity contribution is 0.0537. The summed E-state index contributed by atoms with van der Waals surface area (Å²) in [5, 5.41) is 3.57. The second-order valence-corrected chi connectivity index (χ2v) is 5.61. The van der Waals surface area contributed by atoms with E-state index >= 15 is 0 Å². The molecule has 1 aromatic heterocycles. The van der Waals surface area contributed by atoms with Crippen molar-refractivity contribution in [3.63, 3.8) is 0 Å². The van der Waals surface area contributed by atoms with Crippen molar-refractivity contribution in [2.75, 3.05) is 13.1 Å². The molecule has 18 heavy (non-hydrogen) atoms. The molecule has 1 saturated carbocycles. The molecule has 1 aliphatic carbocycles. The molecular weight excluding hydrogens is 224 g/mol. The first kappa shape index (κ1) is 13.6. The molecule has 0 saturated heterocycles. The minimum atomic E-state index is 0.589. The Balaban J connectivity index is 1.84. The van der Waals surface area contributed by atoms with E-state index in [0.717, 1.165) is 37.4 Å². The molecule has 2 unspecified atom stereocenters. The molecule has 1 heterocycles. The molecule has 0 aromatic carbocycles. The summed E-state index contributed by atoms with van der Waals surface area (Å²) in [5.74, 6) is 1.89. The molecule has 0 amide bonds. The van der Waals surface area contributed by atoms with Gasteiger partial charge in [0.05, 0.1) is 12.8 Å². The highest BCUT2D eigenvalue weighted by atomic mass is 16.3. The summed E-state index contributed by atoms with van der Waals surface area (Å²) in [6.07, 6.45) is 4.46. The van der Waals surface area contributed by atoms with Crippen LogP contribution in [0.1, 0.15) is 39.4 Å². The highest BCUT2D eigenvalue weighted by Gasteiger charge is 2.34. The van der Waals surface area contributed by atoms with Gasteiger partial charge in [-0.25, -0.2) is 0 Å². The Morgan fingerprint density at radius 3 is 2.78 bits per heavy atom. The van der Waals surface area contributed by atoms with E-state index in [9.17, 15) is 0 Å². The third-order valence-corrected chi connectivity index (χ3v) is 3.98. The van der Waals surface area contributed by atoms with Crippen LogP contribution in [0.4, 0.5) is 0 Å². The van der Waals surface area contributed by atoms with Crippen molar-refractivity contribution in [1.29, 1.82) is 0 Å². The lowest BCUT2D eigenvalue weighted by atomic mass is 9.78. The van der Waals surface area contributed by atoms with Gasteiger partial charge in [0.15, 0.2) is 0 Å². The molecule has 3 heteroatoms. The second-order valence-electron chi connectivity index (χ2n) is 5.61. The summed E-state index contributed by atoms with van der Waals surface area (Å²) in [5.41, 5.74) is 0. The molecule has 0 aliphatic heterocycles. The first-order chi connectivity index (χ1) is 8.70. The number of hydrogen-bond donors (Lipinski definition) is 1. The fourth-order valence-electron chi connectivity index (χ4n) is 2.72. The van der Waals surface area contributed by atoms with Gasteiger partial charge in [-0.2, -0.15) is 0 Å². The van der Waals surface area contributed by atoms with Gasteiger partial charge in [-0.15, -0.1) is 0 Å². The highest BCUT2D eigenvalue weighted by molar-refractivity contribution is 5.00. The van der Waals surface area contributed by atoms with Crippen molar-refractivity contribution in [3.8, 4) is 0 Å². The Hall–Kier alpha value is -0.800. The normalized spacial score (nSPS) is 23.6. The van der Waals surface area contributed by atoms with Crippen molar-refractivity contribution in [1.82, 2.24) is 10.2 Å². The number of nitrogens with zero attached hydrogens (tertiary/aromatic N) is 1. The quantitative estimate of drug-likeness (QED) is 0.806. The zero-order valence-corrected chi connectivity index (χ0v) is 11.9. The minimum absolute atomic E-state index is 0.589. The van der Waals surface area contributed by atoms with Gasteiger partial charge in [-0.1, -0.05) is 20.8 Å². The second kappa shape index (κ2) is 6.39. The topological polar surface area (TPSA) is 28.4 Å². The molecule has 2 atom stereocenters. The van der Waals surface area contributed by atoms with Crippen LogP contribution in [0.25, 0.3) is 0 Å². The SMILES string of the molecule is CCN(Cc1ccco1)C1CCC1CNC(C)C. The smallest absolute Gasteiger partial charge is 0.117 e. The van der Waals surface area contributed by atoms with Crippen LogP contribution in [0.2, 0.25) is 0 Å². The average molecular weight is 250 g/mol. The first-order valence-electron chi connectivity index (χ1n) is 7.20. The molecule has 0 spiro atoms. The molecule has 0 bridgehead atoms. The van der Waals surface area contributed by atoms with Crippen LogP contribution in [0.3, 0.4) is 0 Å². The number of hydrogen-bond acceptors (Lipinski definition) is 3. The summed E-state index contributed by atoms with van der Waals surface area (Å²) >= 11 is 0. The van der Waals surface area contributed by atoms with Gasteiger partial charge >= 0.3 is 0 Å². The average Bonchev–Trinajstić information content (AvgIpc) is 2.79. The molecule has 1 aliphatic rings. The summed E-state index contributed by atoms with van der Waals surface area (Å²) in [7, 11) is 0. The molecule has 1 N–H and O–H groups in total. The van der Waals surface area contributed by atoms with Crippen LogP contribution in [0, 0.1) is 5.92 Å². The third kappa shape index (κ3) is 3.36. The van der Waals surface area contributed by atoms with Crippen molar-refractivity contribution in [3.05, 3.63) is 24.2 Å². The van der Waals surface area contributed by atoms with Crippen molar-refractivity contribution >= 4 is 0 Å². The highest BCUT2D eigenvalue weighted by Crippen LogP contribution is 2.32. The molecule has 102 valence electrons. The van der Waals surface area contributed by atoms with Crippen LogP contribution in [-0.2, 0) is 6.54 Å². The first-order valence-corrected chi connectivity index (χ1v) is 7.20. The third-order valence-electron chi connectivity index (χ3n) is 3.98. The fraction of sp³-hybridized carbons (Fsp3) is 0.733. The van der Waals surface area contributed by atoms with Crippen LogP contribution in [0.5, 0.6) is 0 Å². The van der Waals surface area contributed by atoms with E-state index in [0.29, 0.717) is 6.04 Å². The zero-order valence-electron chi connectivity index (χ0n) is 11.9. The molecule has 3 nitrogen and oxygen atoms in total. The van der Waals surface area contributed by atoms with E-state index in [1.54, 1.807) is 6.26 Å². The Morgan fingerprint density at radius 2 is 2.28 bits per heavy atom. The Morgan fingerprint density at radius 1 is 1.44 bits per heavy atom. The molecule has 1 aromatic rings. The lowest BCUT2D eigenvalue weighted by Gasteiger charge is -2.44. The molecular formula is C15H26N2O. The van der Waals surface area contributed by atoms with E-state index in [2.05, 4.69) is 37.1 Å². The van der Waals surface area contributed by atoms with Crippen LogP contribution in [0.15, 0.2) is 22.8 Å². The fourth-order valence-corrected chi connectivity index (χ4v) is 2.72. The number of nitrogens with one attached hydrogen (secondary N) is 1. The molecule has 0 radical (unpaired) electrons. The van der Waals surface area contributed by atoms with Gasteiger partial charge in [0.2, 0.25) is 0 Å². The number of rotatable bonds is 7. The zero-order chi connectivity index (χ0) is 13.0. The maximum Gasteiger partial charge on any atom is 0.117 e. The summed E-state index contributed by atoms with van der Waals surface area (Å²) in [6, 6.07) is 5.36. The maximum absolute atomic E-state index is 5.46. The summed E-state index contributed by atoms with van der Waals surface area (Å²) < 4.78 is 5.46. The van der Waals surface area contributed by atoms with Crippen LogP contribution < -0.4 is 5.32 Å². The summed E-state index contributed by atoms with van der Waals surface area (Å²) in [4.78, 5) is 2.55. The van der Waals surface area contributed by atoms with Gasteiger partial charge in [-0.3, -0.25) is 4.90 Å². The standard InChI is InChI=1S/C15H26N2O/c1-4-17(11-14-6-5-9-18-14)15-8-7-13(15)10-16-12(2)3/h5-6,9,12-13,15-16H,4,7-8,10-11H2,1-3H3. The van der Waals surface area contributed by atoms with Gasteiger partial charge < -0.3 is 9.73 Å². The van der Waals surface area contributed by atoms with Crippen LogP contribution >= 0.6 is 0 Å². The molecule has 1 fully saturated rings. The van der Waals surface area contributed by atoms with Gasteiger partial charge in [0.1, 0.15) is 5.76 Å². The van der Waals surface area contributed by atoms with Gasteiger partial charge in [0, 0.05) is 12.1 Å². The predicted octanol–water partition coefficient (Wildman–Crippen LogP) is 2.88. The lowest BCUT2D eigenvalue weighted by Crippen LogP contribution is -2.50. The Bertz CT molecular complexity index is 334. The van der Waals surface area contributed by atoms with Crippen molar-refractivity contribution in [2.45, 2.75) is 52.2 Å². The number of furan rings is 1. The maximum atomic E-state index is 5.46. The summed E-state index contributed by atoms with van der Waals surface area (Å²) in [6.45, 7) is 9.88. The van der Waals surface area contributed by atoms with Crippen LogP contribution in [-0.4, -0.2) is 30.1 Å². The predicted molar refractivity (Wildman–Crippen MR) is 74.4 cm³/mol. The van der Waals surface area contributed by atoms with E-state index in [4.69, 9.17) is 4.42 Å². The Kier molecular flexibility index (Phi) is 4.84. The monoisotopic (exact) mass is 250 g/mol. The van der Waals surface area contributed by atoms with E-state index in [1.165, 1.54) is 12.8 Å². The largest absolute Gasteiger partial charge is 0.468 e. The minimum Gasteiger partial charge on any atom is -0.468 e. The Labute approximate surface area is 111 Å². The van der Waals surface area contributed by atoms with E-state index in [-0.39, 0.29) is 0 Å². The van der Waals surface area contributed by atoms with E-state index < -0.39 is 0 Å². The van der Waals surface area contributed by atoms with Gasteiger partial charge in [0.25, 0.3) is 0 Å². The molecule has 2 rings (SSSR count). The van der Waals surface area contributed by atoms with E-state index in [1.807, 2.05) is 6.07 Å². The van der Waals surface area contributed by atoms with Gasteiger partial charge in [-0.05, 0) is 44.0 Å². The van der Waals surface area contributed by atoms with Crippen molar-refractivity contribution in [2.24, 2.45) is 5.92 Å².